The van der Waals surface area contributed by atoms with E-state index in [-0.39, 0.29) is 6.61 Å². The molecular weight excluding hydrogens is 312 g/mol. The van der Waals surface area contributed by atoms with E-state index >= 15 is 0 Å². The van der Waals surface area contributed by atoms with Crippen LogP contribution in [0.4, 0.5) is 11.4 Å². The summed E-state index contributed by atoms with van der Waals surface area (Å²) in [6.45, 7) is 3.48. The first-order valence-electron chi connectivity index (χ1n) is 6.26. The minimum Gasteiger partial charge on any atom is -0.395 e. The molecule has 19 heavy (non-hydrogen) atoms. The van der Waals surface area contributed by atoms with Crippen molar-refractivity contribution in [3.8, 4) is 0 Å². The molecule has 0 radical (unpaired) electrons. The number of benzene rings is 1. The van der Waals surface area contributed by atoms with Gasteiger partial charge in [0.2, 0.25) is 0 Å². The average Bonchev–Trinajstić information content (AvgIpc) is 2.64. The molecule has 0 aromatic heterocycles. The van der Waals surface area contributed by atoms with E-state index in [9.17, 15) is 9.90 Å². The number of rotatable bonds is 5. The van der Waals surface area contributed by atoms with Gasteiger partial charge in [-0.15, -0.1) is 0 Å². The Balaban J connectivity index is 2.37. The Morgan fingerprint density at radius 2 is 2.16 bits per heavy atom. The Morgan fingerprint density at radius 3 is 2.79 bits per heavy atom. The van der Waals surface area contributed by atoms with Gasteiger partial charge in [-0.3, -0.25) is 4.79 Å². The Kier molecular flexibility index (Phi) is 4.44. The smallest absolute Gasteiger partial charge is 0.257 e. The highest BCUT2D eigenvalue weighted by atomic mass is 79.9. The van der Waals surface area contributed by atoms with Gasteiger partial charge in [0.05, 0.1) is 12.3 Å². The van der Waals surface area contributed by atoms with Gasteiger partial charge in [-0.1, -0.05) is 6.92 Å². The van der Waals surface area contributed by atoms with E-state index in [1.807, 2.05) is 11.0 Å². The number of amides is 1. The SMILES string of the molecule is CCCN(CCO)c1cc2c(cc1Br)C(O)C(=O)N2. The average molecular weight is 329 g/mol. The fourth-order valence-electron chi connectivity index (χ4n) is 2.24. The Labute approximate surface area is 120 Å². The number of hydrogen-bond acceptors (Lipinski definition) is 4. The normalized spacial score (nSPS) is 17.3. The van der Waals surface area contributed by atoms with Crippen LogP contribution >= 0.6 is 15.9 Å². The molecule has 1 unspecified atom stereocenters. The molecule has 0 fully saturated rings. The molecule has 5 nitrogen and oxygen atoms in total. The van der Waals surface area contributed by atoms with Crippen LogP contribution < -0.4 is 10.2 Å². The molecule has 1 atom stereocenters. The zero-order valence-electron chi connectivity index (χ0n) is 10.7. The van der Waals surface area contributed by atoms with Gasteiger partial charge in [0, 0.05) is 28.8 Å². The predicted octanol–water partition coefficient (Wildman–Crippen LogP) is 1.64. The first kappa shape index (κ1) is 14.3. The molecule has 1 aliphatic rings. The predicted molar refractivity (Wildman–Crippen MR) is 77.3 cm³/mol. The summed E-state index contributed by atoms with van der Waals surface area (Å²) in [5.74, 6) is -0.400. The topological polar surface area (TPSA) is 72.8 Å². The van der Waals surface area contributed by atoms with Gasteiger partial charge >= 0.3 is 0 Å². The van der Waals surface area contributed by atoms with E-state index in [1.165, 1.54) is 0 Å². The molecule has 6 heteroatoms. The van der Waals surface area contributed by atoms with Crippen LogP contribution in [0.2, 0.25) is 0 Å². The number of aliphatic hydroxyl groups is 2. The van der Waals surface area contributed by atoms with Crippen molar-refractivity contribution in [1.29, 1.82) is 0 Å². The minimum atomic E-state index is -1.10. The van der Waals surface area contributed by atoms with Crippen LogP contribution in [0.15, 0.2) is 16.6 Å². The van der Waals surface area contributed by atoms with Crippen molar-refractivity contribution in [1.82, 2.24) is 0 Å². The van der Waals surface area contributed by atoms with Crippen molar-refractivity contribution in [2.24, 2.45) is 0 Å². The zero-order valence-corrected chi connectivity index (χ0v) is 12.3. The number of aliphatic hydroxyl groups excluding tert-OH is 2. The summed E-state index contributed by atoms with van der Waals surface area (Å²) in [4.78, 5) is 13.5. The Bertz CT molecular complexity index is 487. The van der Waals surface area contributed by atoms with Crippen molar-refractivity contribution in [2.45, 2.75) is 19.4 Å². The molecule has 0 bridgehead atoms. The van der Waals surface area contributed by atoms with Crippen LogP contribution in [0.3, 0.4) is 0 Å². The van der Waals surface area contributed by atoms with E-state index in [0.717, 1.165) is 23.1 Å². The molecule has 2 rings (SSSR count). The number of halogens is 1. The van der Waals surface area contributed by atoms with Gasteiger partial charge in [-0.2, -0.15) is 0 Å². The quantitative estimate of drug-likeness (QED) is 0.768. The molecule has 1 aromatic carbocycles. The molecule has 1 aliphatic heterocycles. The summed E-state index contributed by atoms with van der Waals surface area (Å²) in [7, 11) is 0. The van der Waals surface area contributed by atoms with E-state index in [4.69, 9.17) is 5.11 Å². The van der Waals surface area contributed by atoms with Crippen LogP contribution in [0.25, 0.3) is 0 Å². The van der Waals surface area contributed by atoms with Crippen molar-refractivity contribution in [2.75, 3.05) is 29.9 Å². The summed E-state index contributed by atoms with van der Waals surface area (Å²) in [5, 5.41) is 21.5. The first-order chi connectivity index (χ1) is 9.08. The second-order valence-electron chi connectivity index (χ2n) is 4.49. The third kappa shape index (κ3) is 2.75. The maximum atomic E-state index is 11.4. The molecule has 0 aliphatic carbocycles. The van der Waals surface area contributed by atoms with Crippen LogP contribution in [0.1, 0.15) is 25.0 Å². The van der Waals surface area contributed by atoms with E-state index in [1.54, 1.807) is 6.07 Å². The molecule has 0 saturated heterocycles. The summed E-state index contributed by atoms with van der Waals surface area (Å²) in [5.41, 5.74) is 2.12. The third-order valence-corrected chi connectivity index (χ3v) is 3.76. The number of fused-ring (bicyclic) bond motifs is 1. The largest absolute Gasteiger partial charge is 0.395 e. The Hall–Kier alpha value is -1.11. The number of anilines is 2. The highest BCUT2D eigenvalue weighted by Crippen LogP contribution is 2.38. The molecule has 1 aromatic rings. The maximum absolute atomic E-state index is 11.4. The van der Waals surface area contributed by atoms with Gasteiger partial charge in [-0.05, 0) is 34.5 Å². The lowest BCUT2D eigenvalue weighted by atomic mass is 10.1. The van der Waals surface area contributed by atoms with E-state index < -0.39 is 12.0 Å². The van der Waals surface area contributed by atoms with Crippen molar-refractivity contribution in [3.05, 3.63) is 22.2 Å². The monoisotopic (exact) mass is 328 g/mol. The third-order valence-electron chi connectivity index (χ3n) is 3.12. The molecule has 0 spiro atoms. The molecule has 1 amide bonds. The van der Waals surface area contributed by atoms with Crippen LogP contribution in [-0.4, -0.2) is 35.8 Å². The van der Waals surface area contributed by atoms with E-state index in [0.29, 0.717) is 17.8 Å². The lowest BCUT2D eigenvalue weighted by molar-refractivity contribution is -0.123. The first-order valence-corrected chi connectivity index (χ1v) is 7.06. The molecule has 104 valence electrons. The highest BCUT2D eigenvalue weighted by Gasteiger charge is 2.30. The number of nitrogens with one attached hydrogen (secondary N) is 1. The summed E-state index contributed by atoms with van der Waals surface area (Å²) >= 11 is 3.46. The molecular formula is C13H17BrN2O3. The second-order valence-corrected chi connectivity index (χ2v) is 5.35. The Morgan fingerprint density at radius 1 is 1.42 bits per heavy atom. The zero-order chi connectivity index (χ0) is 14.0. The highest BCUT2D eigenvalue weighted by molar-refractivity contribution is 9.10. The lowest BCUT2D eigenvalue weighted by Gasteiger charge is -2.25. The summed E-state index contributed by atoms with van der Waals surface area (Å²) in [6.07, 6.45) is -0.142. The maximum Gasteiger partial charge on any atom is 0.257 e. The molecule has 0 saturated carbocycles. The van der Waals surface area contributed by atoms with Crippen LogP contribution in [0.5, 0.6) is 0 Å². The van der Waals surface area contributed by atoms with Gasteiger partial charge < -0.3 is 20.4 Å². The number of hydrogen-bond donors (Lipinski definition) is 3. The molecule has 1 heterocycles. The van der Waals surface area contributed by atoms with Crippen molar-refractivity contribution in [3.63, 3.8) is 0 Å². The fraction of sp³-hybridized carbons (Fsp3) is 0.462. The molecule has 3 N–H and O–H groups in total. The summed E-state index contributed by atoms with van der Waals surface area (Å²) in [6, 6.07) is 3.59. The minimum absolute atomic E-state index is 0.0680. The number of carbonyl (C=O) groups is 1. The fourth-order valence-corrected chi connectivity index (χ4v) is 2.85. The van der Waals surface area contributed by atoms with Crippen LogP contribution in [-0.2, 0) is 4.79 Å². The standard InChI is InChI=1S/C13H17BrN2O3/c1-2-3-16(4-5-17)11-7-10-8(6-9(11)14)12(18)13(19)15-10/h6-7,12,17-18H,2-5H2,1H3,(H,15,19). The van der Waals surface area contributed by atoms with Gasteiger partial charge in [0.1, 0.15) is 0 Å². The van der Waals surface area contributed by atoms with Crippen molar-refractivity contribution < 1.29 is 15.0 Å². The van der Waals surface area contributed by atoms with E-state index in [2.05, 4.69) is 28.2 Å². The summed E-state index contributed by atoms with van der Waals surface area (Å²) < 4.78 is 0.809. The van der Waals surface area contributed by atoms with Crippen molar-refractivity contribution >= 4 is 33.2 Å². The lowest BCUT2D eigenvalue weighted by Crippen LogP contribution is -2.27. The number of nitrogens with zero attached hydrogens (tertiary/aromatic N) is 1. The van der Waals surface area contributed by atoms with Gasteiger partial charge in [0.15, 0.2) is 6.10 Å². The number of carbonyl (C=O) groups excluding carboxylic acids is 1. The van der Waals surface area contributed by atoms with Gasteiger partial charge in [0.25, 0.3) is 5.91 Å². The van der Waals surface area contributed by atoms with Crippen LogP contribution in [0, 0.1) is 0 Å². The van der Waals surface area contributed by atoms with Gasteiger partial charge in [-0.25, -0.2) is 0 Å². The second kappa shape index (κ2) is 5.90.